The third-order valence-electron chi connectivity index (χ3n) is 8.29. The number of hydrogen-bond acceptors (Lipinski definition) is 9. The lowest BCUT2D eigenvalue weighted by Crippen LogP contribution is -2.59. The van der Waals surface area contributed by atoms with E-state index >= 15 is 0 Å². The van der Waals surface area contributed by atoms with Gasteiger partial charge in [0.25, 0.3) is 11.5 Å². The summed E-state index contributed by atoms with van der Waals surface area (Å²) in [6.07, 6.45) is 5.28. The van der Waals surface area contributed by atoms with E-state index in [-0.39, 0.29) is 29.3 Å². The zero-order valence-electron chi connectivity index (χ0n) is 23.1. The molecule has 0 saturated carbocycles. The lowest BCUT2D eigenvalue weighted by molar-refractivity contribution is -0.120. The summed E-state index contributed by atoms with van der Waals surface area (Å²) in [5.41, 5.74) is 7.39. The van der Waals surface area contributed by atoms with Crippen LogP contribution < -0.4 is 26.8 Å². The van der Waals surface area contributed by atoms with Crippen molar-refractivity contribution in [1.82, 2.24) is 30.4 Å². The van der Waals surface area contributed by atoms with Crippen LogP contribution in [0, 0.1) is 11.3 Å². The molecule has 3 aliphatic rings. The Morgan fingerprint density at radius 1 is 1.17 bits per heavy atom. The predicted molar refractivity (Wildman–Crippen MR) is 155 cm³/mol. The second kappa shape index (κ2) is 12.5. The van der Waals surface area contributed by atoms with Crippen molar-refractivity contribution in [3.8, 4) is 6.07 Å². The summed E-state index contributed by atoms with van der Waals surface area (Å²) in [5.74, 6) is -0.760. The van der Waals surface area contributed by atoms with Crippen molar-refractivity contribution in [2.24, 2.45) is 0 Å². The lowest BCUT2D eigenvalue weighted by Gasteiger charge is -2.47. The highest BCUT2D eigenvalue weighted by Crippen LogP contribution is 2.26. The Morgan fingerprint density at radius 2 is 1.93 bits per heavy atom. The average molecular weight is 560 g/mol. The van der Waals surface area contributed by atoms with Gasteiger partial charge in [-0.05, 0) is 56.5 Å². The number of aromatic amines is 1. The lowest BCUT2D eigenvalue weighted by atomic mass is 9.97. The third-order valence-corrected chi connectivity index (χ3v) is 8.29. The van der Waals surface area contributed by atoms with Gasteiger partial charge < -0.3 is 26.3 Å². The first kappa shape index (κ1) is 28.3. The molecule has 2 aromatic rings. The number of anilines is 2. The molecule has 3 aliphatic heterocycles. The van der Waals surface area contributed by atoms with Crippen LogP contribution in [0.5, 0.6) is 0 Å². The van der Waals surface area contributed by atoms with Gasteiger partial charge in [-0.25, -0.2) is 4.98 Å². The maximum atomic E-state index is 13.0. The second-order valence-corrected chi connectivity index (χ2v) is 10.9. The number of nitrogens with two attached hydrogens (primary N) is 1. The van der Waals surface area contributed by atoms with Crippen molar-refractivity contribution >= 4 is 23.5 Å². The van der Waals surface area contributed by atoms with Gasteiger partial charge in [0.2, 0.25) is 5.91 Å². The highest BCUT2D eigenvalue weighted by atomic mass is 16.2. The van der Waals surface area contributed by atoms with E-state index in [1.807, 2.05) is 35.2 Å². The first-order valence-corrected chi connectivity index (χ1v) is 14.2. The largest absolute Gasteiger partial charge is 0.382 e. The van der Waals surface area contributed by atoms with Gasteiger partial charge in [-0.15, -0.1) is 6.58 Å². The van der Waals surface area contributed by atoms with Gasteiger partial charge in [-0.1, -0.05) is 18.2 Å². The molecular formula is C29H37N9O3. The van der Waals surface area contributed by atoms with Crippen LogP contribution in [0.15, 0.2) is 41.7 Å². The Kier molecular flexibility index (Phi) is 8.66. The van der Waals surface area contributed by atoms with Crippen LogP contribution in [-0.4, -0.2) is 89.0 Å². The fourth-order valence-corrected chi connectivity index (χ4v) is 6.10. The standard InChI is InChI=1S/C29H37N9O3/c1-2-3-22-18-37(26-29(41)34-24(25(31)35-26)28(40)33-23-8-11-32-27(23)39)14-15-38(22)21-9-12-36(13-10-21)17-20-6-4-19(16-30)5-7-20/h2,4-7,21-23H,1,3,8-15,17-18H2,(H2,31,35)(H,32,39)(H,33,40)(H,34,41)/t22-,23+/m0/s1. The zero-order valence-corrected chi connectivity index (χ0v) is 23.1. The van der Waals surface area contributed by atoms with Crippen molar-refractivity contribution in [3.05, 3.63) is 64.1 Å². The Bertz CT molecular complexity index is 1380. The van der Waals surface area contributed by atoms with Crippen molar-refractivity contribution < 1.29 is 9.59 Å². The molecule has 1 aromatic heterocycles. The number of nitrogens with one attached hydrogen (secondary N) is 3. The molecule has 12 heteroatoms. The zero-order chi connectivity index (χ0) is 28.9. The SMILES string of the molecule is C=CC[C@H]1CN(c2nc(N)c(C(=O)N[C@@H]3CCNC3=O)[nH]c2=O)CCN1C1CCN(Cc2ccc(C#N)cc2)CC1. The number of amides is 2. The van der Waals surface area contributed by atoms with E-state index in [0.717, 1.165) is 45.4 Å². The van der Waals surface area contributed by atoms with E-state index in [1.165, 1.54) is 5.56 Å². The van der Waals surface area contributed by atoms with Crippen molar-refractivity contribution in [3.63, 3.8) is 0 Å². The highest BCUT2D eigenvalue weighted by Gasteiger charge is 2.35. The molecule has 0 unspecified atom stereocenters. The van der Waals surface area contributed by atoms with Gasteiger partial charge in [0.05, 0.1) is 11.6 Å². The Hall–Kier alpha value is -4.21. The number of hydrogen-bond donors (Lipinski definition) is 4. The van der Waals surface area contributed by atoms with Crippen LogP contribution in [0.3, 0.4) is 0 Å². The minimum atomic E-state index is -0.652. The molecule has 1 aromatic carbocycles. The molecule has 4 heterocycles. The molecule has 5 rings (SSSR count). The van der Waals surface area contributed by atoms with Crippen molar-refractivity contribution in [2.75, 3.05) is 49.9 Å². The van der Waals surface area contributed by atoms with Crippen molar-refractivity contribution in [2.45, 2.75) is 50.4 Å². The average Bonchev–Trinajstić information content (AvgIpc) is 3.39. The smallest absolute Gasteiger partial charge is 0.291 e. The van der Waals surface area contributed by atoms with Crippen molar-refractivity contribution in [1.29, 1.82) is 5.26 Å². The van der Waals surface area contributed by atoms with Crippen LogP contribution in [0.25, 0.3) is 0 Å². The van der Waals surface area contributed by atoms with E-state index in [1.54, 1.807) is 0 Å². The molecule has 2 amide bonds. The first-order valence-electron chi connectivity index (χ1n) is 14.2. The number of nitriles is 1. The molecule has 3 fully saturated rings. The van der Waals surface area contributed by atoms with Crippen LogP contribution in [-0.2, 0) is 11.3 Å². The summed E-state index contributed by atoms with van der Waals surface area (Å²) in [5, 5.41) is 14.3. The summed E-state index contributed by atoms with van der Waals surface area (Å²) < 4.78 is 0. The van der Waals surface area contributed by atoms with E-state index in [2.05, 4.69) is 43.0 Å². The monoisotopic (exact) mass is 559 g/mol. The predicted octanol–water partition coefficient (Wildman–Crippen LogP) is 0.573. The summed E-state index contributed by atoms with van der Waals surface area (Å²) in [6.45, 7) is 9.31. The highest BCUT2D eigenvalue weighted by molar-refractivity contribution is 5.99. The molecule has 2 atom stereocenters. The minimum absolute atomic E-state index is 0.0761. The number of piperazine rings is 1. The van der Waals surface area contributed by atoms with Gasteiger partial charge >= 0.3 is 0 Å². The molecule has 41 heavy (non-hydrogen) atoms. The van der Waals surface area contributed by atoms with E-state index in [0.29, 0.717) is 37.7 Å². The normalized spacial score (nSPS) is 22.2. The molecular weight excluding hydrogens is 522 g/mol. The Labute approximate surface area is 239 Å². The summed E-state index contributed by atoms with van der Waals surface area (Å²) in [4.78, 5) is 51.4. The van der Waals surface area contributed by atoms with Crippen LogP contribution in [0.1, 0.15) is 47.3 Å². The number of likely N-dealkylation sites (tertiary alicyclic amines) is 1. The van der Waals surface area contributed by atoms with Crippen LogP contribution in [0.4, 0.5) is 11.6 Å². The van der Waals surface area contributed by atoms with Crippen LogP contribution >= 0.6 is 0 Å². The van der Waals surface area contributed by atoms with Gasteiger partial charge in [-0.2, -0.15) is 5.26 Å². The van der Waals surface area contributed by atoms with E-state index < -0.39 is 17.5 Å². The number of nitrogens with zero attached hydrogens (tertiary/aromatic N) is 5. The van der Waals surface area contributed by atoms with Gasteiger partial charge in [0.15, 0.2) is 11.6 Å². The topological polar surface area (TPSA) is 163 Å². The molecule has 0 aliphatic carbocycles. The number of nitrogen functional groups attached to an aromatic ring is 1. The molecule has 12 nitrogen and oxygen atoms in total. The summed E-state index contributed by atoms with van der Waals surface area (Å²) >= 11 is 0. The van der Waals surface area contributed by atoms with Crippen LogP contribution in [0.2, 0.25) is 0 Å². The first-order chi connectivity index (χ1) is 19.9. The fraction of sp³-hybridized carbons (Fsp3) is 0.483. The molecule has 5 N–H and O–H groups in total. The van der Waals surface area contributed by atoms with Gasteiger partial charge in [0, 0.05) is 44.8 Å². The summed E-state index contributed by atoms with van der Waals surface area (Å²) in [6, 6.07) is 9.91. The number of aromatic nitrogens is 2. The Morgan fingerprint density at radius 3 is 2.59 bits per heavy atom. The second-order valence-electron chi connectivity index (χ2n) is 10.9. The molecule has 0 bridgehead atoms. The summed E-state index contributed by atoms with van der Waals surface area (Å²) in [7, 11) is 0. The van der Waals surface area contributed by atoms with Gasteiger partial charge in [0.1, 0.15) is 11.7 Å². The number of carbonyl (C=O) groups excluding carboxylic acids is 2. The number of rotatable bonds is 8. The third kappa shape index (κ3) is 6.42. The fourth-order valence-electron chi connectivity index (χ4n) is 6.10. The minimum Gasteiger partial charge on any atom is -0.382 e. The molecule has 0 radical (unpaired) electrons. The molecule has 0 spiro atoms. The number of carbonyl (C=O) groups is 2. The van der Waals surface area contributed by atoms with Gasteiger partial charge in [-0.3, -0.25) is 24.2 Å². The molecule has 216 valence electrons. The number of piperidine rings is 1. The van der Waals surface area contributed by atoms with E-state index in [9.17, 15) is 14.4 Å². The maximum absolute atomic E-state index is 13.0. The number of benzene rings is 1. The molecule has 3 saturated heterocycles. The Balaban J connectivity index is 1.20. The quantitative estimate of drug-likeness (QED) is 0.339. The maximum Gasteiger partial charge on any atom is 0.291 e. The van der Waals surface area contributed by atoms with E-state index in [4.69, 9.17) is 11.0 Å². The number of H-pyrrole nitrogens is 1.